The van der Waals surface area contributed by atoms with Gasteiger partial charge in [0.2, 0.25) is 0 Å². The van der Waals surface area contributed by atoms with Gasteiger partial charge in [0.25, 0.3) is 0 Å². The predicted molar refractivity (Wildman–Crippen MR) is 72.1 cm³/mol. The Labute approximate surface area is 110 Å². The SMILES string of the molecule is CCCCCCC1OC(C)=C(C(=O)OC)C=C1C. The third-order valence-corrected chi connectivity index (χ3v) is 3.30. The maximum absolute atomic E-state index is 11.5. The van der Waals surface area contributed by atoms with Crippen LogP contribution >= 0.6 is 0 Å². The van der Waals surface area contributed by atoms with Crippen LogP contribution in [-0.4, -0.2) is 19.2 Å². The Hall–Kier alpha value is -1.25. The van der Waals surface area contributed by atoms with E-state index in [1.807, 2.05) is 19.9 Å². The summed E-state index contributed by atoms with van der Waals surface area (Å²) in [7, 11) is 1.39. The Morgan fingerprint density at radius 3 is 2.67 bits per heavy atom. The van der Waals surface area contributed by atoms with Crippen LogP contribution in [0.4, 0.5) is 0 Å². The van der Waals surface area contributed by atoms with E-state index in [0.717, 1.165) is 12.0 Å². The van der Waals surface area contributed by atoms with E-state index in [0.29, 0.717) is 11.3 Å². The molecule has 3 heteroatoms. The number of esters is 1. The molecule has 18 heavy (non-hydrogen) atoms. The minimum Gasteiger partial charge on any atom is -0.490 e. The van der Waals surface area contributed by atoms with Crippen molar-refractivity contribution in [2.75, 3.05) is 7.11 Å². The minimum atomic E-state index is -0.323. The summed E-state index contributed by atoms with van der Waals surface area (Å²) in [4.78, 5) is 11.5. The third-order valence-electron chi connectivity index (χ3n) is 3.30. The lowest BCUT2D eigenvalue weighted by Crippen LogP contribution is -2.21. The third kappa shape index (κ3) is 3.90. The first-order valence-corrected chi connectivity index (χ1v) is 6.74. The van der Waals surface area contributed by atoms with Crippen LogP contribution < -0.4 is 0 Å². The number of unbranched alkanes of at least 4 members (excludes halogenated alkanes) is 3. The molecular formula is C15H24O3. The van der Waals surface area contributed by atoms with Crippen molar-refractivity contribution in [3.05, 3.63) is 23.0 Å². The summed E-state index contributed by atoms with van der Waals surface area (Å²) in [5.41, 5.74) is 1.65. The summed E-state index contributed by atoms with van der Waals surface area (Å²) in [6.07, 6.45) is 7.98. The lowest BCUT2D eigenvalue weighted by atomic mass is 9.99. The highest BCUT2D eigenvalue weighted by Gasteiger charge is 2.23. The molecule has 0 aromatic carbocycles. The van der Waals surface area contributed by atoms with Gasteiger partial charge in [-0.3, -0.25) is 0 Å². The summed E-state index contributed by atoms with van der Waals surface area (Å²) >= 11 is 0. The highest BCUT2D eigenvalue weighted by atomic mass is 16.5. The summed E-state index contributed by atoms with van der Waals surface area (Å²) in [6.45, 7) is 6.05. The van der Waals surface area contributed by atoms with Gasteiger partial charge in [0, 0.05) is 0 Å². The highest BCUT2D eigenvalue weighted by Crippen LogP contribution is 2.26. The van der Waals surface area contributed by atoms with E-state index < -0.39 is 0 Å². The van der Waals surface area contributed by atoms with Gasteiger partial charge in [-0.05, 0) is 38.3 Å². The molecule has 0 spiro atoms. The molecule has 1 aliphatic rings. The second-order valence-electron chi connectivity index (χ2n) is 4.81. The van der Waals surface area contributed by atoms with Crippen LogP contribution in [0.2, 0.25) is 0 Å². The van der Waals surface area contributed by atoms with Crippen molar-refractivity contribution in [1.82, 2.24) is 0 Å². The molecular weight excluding hydrogens is 228 g/mol. The number of carbonyl (C=O) groups excluding carboxylic acids is 1. The van der Waals surface area contributed by atoms with E-state index in [1.165, 1.54) is 32.8 Å². The van der Waals surface area contributed by atoms with Crippen molar-refractivity contribution in [2.45, 2.75) is 59.0 Å². The quantitative estimate of drug-likeness (QED) is 0.533. The Morgan fingerprint density at radius 1 is 1.33 bits per heavy atom. The lowest BCUT2D eigenvalue weighted by molar-refractivity contribution is -0.136. The molecule has 0 fully saturated rings. The van der Waals surface area contributed by atoms with Gasteiger partial charge in [0.15, 0.2) is 0 Å². The van der Waals surface area contributed by atoms with Crippen molar-refractivity contribution in [1.29, 1.82) is 0 Å². The first-order chi connectivity index (χ1) is 8.60. The Balaban J connectivity index is 2.57. The molecule has 3 nitrogen and oxygen atoms in total. The summed E-state index contributed by atoms with van der Waals surface area (Å²) in [5.74, 6) is 0.351. The van der Waals surface area contributed by atoms with E-state index in [-0.39, 0.29) is 12.1 Å². The molecule has 1 unspecified atom stereocenters. The number of hydrogen-bond donors (Lipinski definition) is 0. The lowest BCUT2D eigenvalue weighted by Gasteiger charge is -2.25. The fourth-order valence-corrected chi connectivity index (χ4v) is 2.15. The van der Waals surface area contributed by atoms with Crippen molar-refractivity contribution >= 4 is 5.97 Å². The van der Waals surface area contributed by atoms with Crippen LogP contribution in [0.1, 0.15) is 52.9 Å². The largest absolute Gasteiger partial charge is 0.490 e. The Kier molecular flexibility index (Phi) is 5.96. The van der Waals surface area contributed by atoms with E-state index in [1.54, 1.807) is 0 Å². The number of hydrogen-bond acceptors (Lipinski definition) is 3. The maximum atomic E-state index is 11.5. The number of allylic oxidation sites excluding steroid dienone is 1. The summed E-state index contributed by atoms with van der Waals surface area (Å²) in [5, 5.41) is 0. The van der Waals surface area contributed by atoms with Crippen molar-refractivity contribution in [3.8, 4) is 0 Å². The smallest absolute Gasteiger partial charge is 0.341 e. The molecule has 0 aliphatic carbocycles. The highest BCUT2D eigenvalue weighted by molar-refractivity contribution is 5.92. The van der Waals surface area contributed by atoms with Crippen molar-refractivity contribution < 1.29 is 14.3 Å². The molecule has 1 heterocycles. The topological polar surface area (TPSA) is 35.5 Å². The minimum absolute atomic E-state index is 0.121. The van der Waals surface area contributed by atoms with Crippen LogP contribution in [0, 0.1) is 0 Å². The van der Waals surface area contributed by atoms with Crippen LogP contribution in [0.15, 0.2) is 23.0 Å². The van der Waals surface area contributed by atoms with Gasteiger partial charge >= 0.3 is 5.97 Å². The zero-order chi connectivity index (χ0) is 13.5. The van der Waals surface area contributed by atoms with E-state index in [9.17, 15) is 4.79 Å². The average Bonchev–Trinajstić information content (AvgIpc) is 2.37. The van der Waals surface area contributed by atoms with Gasteiger partial charge in [-0.1, -0.05) is 26.2 Å². The molecule has 1 aliphatic heterocycles. The molecule has 102 valence electrons. The van der Waals surface area contributed by atoms with E-state index in [2.05, 4.69) is 6.92 Å². The van der Waals surface area contributed by atoms with Gasteiger partial charge in [-0.25, -0.2) is 4.79 Å². The van der Waals surface area contributed by atoms with Crippen LogP contribution in [-0.2, 0) is 14.3 Å². The second kappa shape index (κ2) is 7.24. The normalized spacial score (nSPS) is 19.3. The first-order valence-electron chi connectivity index (χ1n) is 6.74. The van der Waals surface area contributed by atoms with Gasteiger partial charge in [-0.15, -0.1) is 0 Å². The molecule has 0 saturated heterocycles. The van der Waals surface area contributed by atoms with Crippen molar-refractivity contribution in [2.24, 2.45) is 0 Å². The predicted octanol–water partition coefficient (Wildman–Crippen LogP) is 3.75. The number of ether oxygens (including phenoxy) is 2. The fraction of sp³-hybridized carbons (Fsp3) is 0.667. The molecule has 0 amide bonds. The molecule has 0 bridgehead atoms. The molecule has 1 atom stereocenters. The number of methoxy groups -OCH3 is 1. The molecule has 0 aromatic rings. The zero-order valence-corrected chi connectivity index (χ0v) is 11.9. The van der Waals surface area contributed by atoms with E-state index in [4.69, 9.17) is 9.47 Å². The van der Waals surface area contributed by atoms with Gasteiger partial charge in [0.05, 0.1) is 12.7 Å². The van der Waals surface area contributed by atoms with E-state index >= 15 is 0 Å². The summed E-state index contributed by atoms with van der Waals surface area (Å²) < 4.78 is 10.6. The first kappa shape index (κ1) is 14.8. The average molecular weight is 252 g/mol. The Morgan fingerprint density at radius 2 is 2.06 bits per heavy atom. The zero-order valence-electron chi connectivity index (χ0n) is 11.9. The maximum Gasteiger partial charge on any atom is 0.341 e. The second-order valence-corrected chi connectivity index (χ2v) is 4.81. The molecule has 1 rings (SSSR count). The van der Waals surface area contributed by atoms with Crippen LogP contribution in [0.3, 0.4) is 0 Å². The number of rotatable bonds is 6. The summed E-state index contributed by atoms with van der Waals surface area (Å²) in [6, 6.07) is 0. The monoisotopic (exact) mass is 252 g/mol. The molecule has 0 aromatic heterocycles. The van der Waals surface area contributed by atoms with Gasteiger partial charge < -0.3 is 9.47 Å². The molecule has 0 saturated carbocycles. The number of carbonyl (C=O) groups is 1. The van der Waals surface area contributed by atoms with Gasteiger partial charge in [0.1, 0.15) is 11.9 Å². The van der Waals surface area contributed by atoms with Crippen LogP contribution in [0.25, 0.3) is 0 Å². The van der Waals surface area contributed by atoms with Crippen LogP contribution in [0.5, 0.6) is 0 Å². The molecule has 0 N–H and O–H groups in total. The fourth-order valence-electron chi connectivity index (χ4n) is 2.15. The standard InChI is InChI=1S/C15H24O3/c1-5-6-7-8-9-14-11(2)10-13(12(3)18-14)15(16)17-4/h10,14H,5-9H2,1-4H3. The molecule has 0 radical (unpaired) electrons. The van der Waals surface area contributed by atoms with Gasteiger partial charge in [-0.2, -0.15) is 0 Å². The Bertz CT molecular complexity index is 353. The van der Waals surface area contributed by atoms with Crippen molar-refractivity contribution in [3.63, 3.8) is 0 Å².